The Morgan fingerprint density at radius 2 is 0.482 bits per heavy atom. The number of hydrogen-bond acceptors (Lipinski definition) is 10. The van der Waals surface area contributed by atoms with E-state index in [0.29, 0.717) is 114 Å². The first-order valence-corrected chi connectivity index (χ1v) is 28.4. The predicted molar refractivity (Wildman–Crippen MR) is 335 cm³/mol. The Hall–Kier alpha value is -9.06. The Bertz CT molecular complexity index is 4270. The fourth-order valence-corrected chi connectivity index (χ4v) is 10.5. The summed E-state index contributed by atoms with van der Waals surface area (Å²) in [5.41, 5.74) is 9.25. The van der Waals surface area contributed by atoms with Crippen molar-refractivity contribution in [2.24, 2.45) is 0 Å². The van der Waals surface area contributed by atoms with Crippen molar-refractivity contribution in [3.63, 3.8) is 0 Å². The number of ether oxygens (including phenoxy) is 4. The van der Waals surface area contributed by atoms with Crippen LogP contribution in [0, 0.1) is 0 Å². The number of benzene rings is 8. The van der Waals surface area contributed by atoms with Gasteiger partial charge in [-0.05, 0) is 187 Å². The molecule has 0 saturated carbocycles. The Labute approximate surface area is 507 Å². The first-order valence-electron chi connectivity index (χ1n) is 28.4. The molecule has 0 atom stereocenters. The molecule has 0 unspecified atom stereocenters. The first-order chi connectivity index (χ1) is 40.0. The zero-order chi connectivity index (χ0) is 58.5. The van der Waals surface area contributed by atoms with E-state index in [2.05, 4.69) is 132 Å². The van der Waals surface area contributed by atoms with Crippen LogP contribution in [-0.2, 0) is 41.1 Å². The summed E-state index contributed by atoms with van der Waals surface area (Å²) in [6, 6.07) is 56.2. The number of nitrogens with zero attached hydrogens (tertiary/aromatic N) is 8. The molecule has 8 bridgehead atoms. The van der Waals surface area contributed by atoms with Crippen LogP contribution < -0.4 is 28.9 Å². The van der Waals surface area contributed by atoms with Gasteiger partial charge in [-0.1, -0.05) is 132 Å². The summed E-state index contributed by atoms with van der Waals surface area (Å²) in [6.45, 7) is 26.3. The molecule has 11 aromatic rings. The van der Waals surface area contributed by atoms with Crippen molar-refractivity contribution in [1.82, 2.24) is 39.9 Å². The first kappa shape index (κ1) is 56.4. The fourth-order valence-electron chi connectivity index (χ4n) is 10.5. The van der Waals surface area contributed by atoms with E-state index in [1.807, 2.05) is 121 Å². The van der Waals surface area contributed by atoms with Gasteiger partial charge in [-0.2, -0.15) is 0 Å². The second kappa shape index (κ2) is 21.2. The van der Waals surface area contributed by atoms with Crippen LogP contribution in [0.25, 0.3) is 89.7 Å². The fraction of sp³-hybridized carbons (Fsp3) is 0.222. The second-order valence-electron chi connectivity index (χ2n) is 25.8. The molecule has 2 aliphatic rings. The Morgan fingerprint density at radius 3 is 0.765 bits per heavy atom. The third-order valence-corrected chi connectivity index (χ3v) is 15.4. The molecule has 0 N–H and O–H groups in total. The Kier molecular flexibility index (Phi) is 14.1. The topological polar surface area (TPSA) is 142 Å². The summed E-state index contributed by atoms with van der Waals surface area (Å²) in [5.74, 6) is 6.80. The van der Waals surface area contributed by atoms with Crippen LogP contribution in [0.4, 0.5) is 0 Å². The molecule has 418 valence electrons. The minimum absolute atomic E-state index is 0. The predicted octanol–water partition coefficient (Wildman–Crippen LogP) is 18.5. The van der Waals surface area contributed by atoms with Crippen LogP contribution in [0.15, 0.2) is 170 Å². The van der Waals surface area contributed by atoms with E-state index in [4.69, 9.17) is 58.8 Å². The molecule has 85 heavy (non-hydrogen) atoms. The van der Waals surface area contributed by atoms with Crippen LogP contribution in [-0.4, -0.2) is 29.9 Å². The van der Waals surface area contributed by atoms with Crippen LogP contribution in [0.3, 0.4) is 0 Å². The molecular weight excluding hydrogens is 1110 g/mol. The smallest absolute Gasteiger partial charge is 0.457 e. The van der Waals surface area contributed by atoms with Gasteiger partial charge < -0.3 is 48.9 Å². The zero-order valence-corrected chi connectivity index (χ0v) is 53.1. The van der Waals surface area contributed by atoms with Gasteiger partial charge in [-0.3, -0.25) is 0 Å². The average Bonchev–Trinajstić information content (AvgIpc) is 3.16. The molecule has 0 spiro atoms. The summed E-state index contributed by atoms with van der Waals surface area (Å²) in [5, 5.41) is 2.87. The maximum absolute atomic E-state index is 6.55. The molecule has 0 saturated heterocycles. The van der Waals surface area contributed by atoms with Gasteiger partial charge in [0.25, 0.3) is 0 Å². The maximum Gasteiger partial charge on any atom is 2.00 e. The van der Waals surface area contributed by atoms with Crippen LogP contribution in [0.5, 0.6) is 46.0 Å². The SMILES string of the molecule is CC(C)(C)c1ccc(Oc2ccc3c(c2)-c2nc-3nc3[n-]c(nc4nc(nc5[n-]c(n2)c2ccc(Oc6ccc(C(C)(C)C)cc6)cc52)-c2ccc(Oc5ccc(C(C)(C)C)cc5)cc2-4)c2ccc(Oc4ccc(C(C)(C)C)cc4)cc32)cc1.[Zn+2]. The van der Waals surface area contributed by atoms with Gasteiger partial charge in [0.15, 0.2) is 0 Å². The largest absolute Gasteiger partial charge is 2.00 e. The molecule has 13 rings (SSSR count). The summed E-state index contributed by atoms with van der Waals surface area (Å²) < 4.78 is 26.2. The monoisotopic (exact) mass is 1170 g/mol. The van der Waals surface area contributed by atoms with E-state index in [0.717, 1.165) is 21.9 Å². The standard InChI is InChI=1S/C72H64N8O4.Zn/c1-69(2,3)41-13-21-45(22-14-41)81-49-29-33-53-57(37-49)65-73-61(53)78-66-59-39-51(83-47-25-17-43(18-26-47)71(7,8)9)31-35-55(59)63(75-66)80-68-60-40-52(84-48-27-19-44(20-28-48)72(10,11)12)32-36-56(60)64(76-68)79-67-58-38-50(30-34-54(58)62(74-67)77-65)82-46-23-15-42(16-24-46)70(4,5)6;/h13-40H,1-12H3;/q-2;+2. The Balaban J connectivity index is 0.00000709. The summed E-state index contributed by atoms with van der Waals surface area (Å²) in [7, 11) is 0. The van der Waals surface area contributed by atoms with Gasteiger partial charge in [0.2, 0.25) is 0 Å². The molecule has 3 aromatic heterocycles. The van der Waals surface area contributed by atoms with Crippen LogP contribution in [0.2, 0.25) is 0 Å². The van der Waals surface area contributed by atoms with Crippen LogP contribution in [0.1, 0.15) is 105 Å². The summed E-state index contributed by atoms with van der Waals surface area (Å²) in [6.07, 6.45) is 0. The second-order valence-corrected chi connectivity index (χ2v) is 25.8. The van der Waals surface area contributed by atoms with E-state index in [1.54, 1.807) is 0 Å². The number of aromatic nitrogens is 8. The summed E-state index contributed by atoms with van der Waals surface area (Å²) >= 11 is 0. The minimum Gasteiger partial charge on any atom is -0.457 e. The molecule has 0 fully saturated rings. The van der Waals surface area contributed by atoms with Gasteiger partial charge in [0.1, 0.15) is 46.0 Å². The van der Waals surface area contributed by atoms with Crippen molar-refractivity contribution in [3.8, 4) is 91.5 Å². The number of rotatable bonds is 8. The van der Waals surface area contributed by atoms with Crippen molar-refractivity contribution in [1.29, 1.82) is 0 Å². The molecule has 12 nitrogen and oxygen atoms in total. The normalized spacial score (nSPS) is 12.4. The summed E-state index contributed by atoms with van der Waals surface area (Å²) in [4.78, 5) is 42.0. The van der Waals surface area contributed by atoms with Crippen molar-refractivity contribution >= 4 is 44.1 Å². The van der Waals surface area contributed by atoms with Gasteiger partial charge in [-0.25, -0.2) is 9.97 Å². The molecular formula is C72H64N8O4Zn. The molecule has 5 heterocycles. The third-order valence-electron chi connectivity index (χ3n) is 15.4. The molecule has 0 amide bonds. The average molecular weight is 1170 g/mol. The molecule has 8 aromatic carbocycles. The number of hydrogen-bond donors (Lipinski definition) is 0. The van der Waals surface area contributed by atoms with Gasteiger partial charge in [0, 0.05) is 44.8 Å². The van der Waals surface area contributed by atoms with Gasteiger partial charge in [0.05, 0.1) is 23.3 Å². The molecule has 0 aliphatic carbocycles. The third kappa shape index (κ3) is 11.4. The van der Waals surface area contributed by atoms with E-state index in [1.165, 1.54) is 22.3 Å². The van der Waals surface area contributed by atoms with Crippen molar-refractivity contribution in [2.45, 2.75) is 105 Å². The van der Waals surface area contributed by atoms with Crippen molar-refractivity contribution in [2.75, 3.05) is 0 Å². The minimum atomic E-state index is -0.00873. The zero-order valence-electron chi connectivity index (χ0n) is 50.1. The Morgan fingerprint density at radius 1 is 0.247 bits per heavy atom. The van der Waals surface area contributed by atoms with E-state index < -0.39 is 0 Å². The van der Waals surface area contributed by atoms with E-state index in [-0.39, 0.29) is 41.1 Å². The van der Waals surface area contributed by atoms with Crippen molar-refractivity contribution < 1.29 is 38.4 Å². The van der Waals surface area contributed by atoms with Crippen molar-refractivity contribution in [3.05, 3.63) is 192 Å². The quantitative estimate of drug-likeness (QED) is 0.134. The van der Waals surface area contributed by atoms with Gasteiger partial charge >= 0.3 is 19.5 Å². The van der Waals surface area contributed by atoms with E-state index >= 15 is 0 Å². The molecule has 2 aliphatic heterocycles. The maximum atomic E-state index is 6.55. The number of fused-ring (bicyclic) bond motifs is 20. The van der Waals surface area contributed by atoms with Gasteiger partial charge in [-0.15, -0.1) is 0 Å². The molecule has 0 radical (unpaired) electrons. The van der Waals surface area contributed by atoms with Crippen LogP contribution >= 0.6 is 0 Å². The molecule has 13 heteroatoms. The van der Waals surface area contributed by atoms with E-state index in [9.17, 15) is 0 Å².